The number of esters is 1. The van der Waals surface area contributed by atoms with Gasteiger partial charge in [-0.1, -0.05) is 18.7 Å². The highest BCUT2D eigenvalue weighted by atomic mass is 19.4. The molecule has 0 atom stereocenters. The van der Waals surface area contributed by atoms with Crippen LogP contribution in [-0.2, 0) is 15.7 Å². The lowest BCUT2D eigenvalue weighted by Gasteiger charge is -2.41. The largest absolute Gasteiger partial charge is 0.493 e. The monoisotopic (exact) mass is 487 g/mol. The topological polar surface area (TPSA) is 68.5 Å². The molecule has 0 radical (unpaired) electrons. The van der Waals surface area contributed by atoms with Gasteiger partial charge in [0.25, 0.3) is 0 Å². The van der Waals surface area contributed by atoms with Crippen LogP contribution in [0.1, 0.15) is 51.3 Å². The van der Waals surface area contributed by atoms with Gasteiger partial charge in [0.05, 0.1) is 24.3 Å². The maximum Gasteiger partial charge on any atom is 0.416 e. The Morgan fingerprint density at radius 1 is 1.00 bits per heavy atom. The van der Waals surface area contributed by atoms with Crippen molar-refractivity contribution in [2.24, 2.45) is 0 Å². The summed E-state index contributed by atoms with van der Waals surface area (Å²) in [6, 6.07) is 11.4. The van der Waals surface area contributed by atoms with Crippen LogP contribution in [0.4, 0.5) is 13.2 Å². The Labute approximate surface area is 203 Å². The zero-order valence-electron chi connectivity index (χ0n) is 20.5. The average molecular weight is 488 g/mol. The molecule has 0 spiro atoms. The molecule has 0 aliphatic heterocycles. The molecule has 35 heavy (non-hydrogen) atoms. The third-order valence-corrected chi connectivity index (χ3v) is 5.66. The minimum absolute atomic E-state index is 0.226. The summed E-state index contributed by atoms with van der Waals surface area (Å²) in [6.45, 7) is 12.1. The maximum absolute atomic E-state index is 12.8. The van der Waals surface area contributed by atoms with Gasteiger partial charge in [-0.3, -0.25) is 0 Å². The Morgan fingerprint density at radius 2 is 1.60 bits per heavy atom. The maximum atomic E-state index is 12.8. The number of benzene rings is 2. The number of methoxy groups -OCH3 is 1. The van der Waals surface area contributed by atoms with E-state index in [0.29, 0.717) is 22.6 Å². The molecule has 0 aliphatic carbocycles. The van der Waals surface area contributed by atoms with Crippen LogP contribution in [0.15, 0.2) is 54.6 Å². The molecule has 0 aliphatic rings. The van der Waals surface area contributed by atoms with E-state index < -0.39 is 28.9 Å². The SMILES string of the molecule is C=C(C)C(=O)OC(C)(C)C(C)(C)Oc1ccc(/C(C#N)=C/c2ccc(C(F)(F)F)cc2)cc1OC. The molecule has 0 aromatic heterocycles. The highest BCUT2D eigenvalue weighted by Gasteiger charge is 2.43. The van der Waals surface area contributed by atoms with E-state index >= 15 is 0 Å². The predicted molar refractivity (Wildman–Crippen MR) is 128 cm³/mol. The molecule has 2 aromatic rings. The number of alkyl halides is 3. The third-order valence-electron chi connectivity index (χ3n) is 5.66. The van der Waals surface area contributed by atoms with Crippen molar-refractivity contribution in [1.82, 2.24) is 0 Å². The van der Waals surface area contributed by atoms with Gasteiger partial charge in [-0.15, -0.1) is 0 Å². The highest BCUT2D eigenvalue weighted by molar-refractivity contribution is 5.90. The highest BCUT2D eigenvalue weighted by Crippen LogP contribution is 2.38. The second-order valence-electron chi connectivity index (χ2n) is 8.95. The molecule has 0 unspecified atom stereocenters. The molecule has 0 N–H and O–H groups in total. The van der Waals surface area contributed by atoms with Gasteiger partial charge < -0.3 is 14.2 Å². The molecule has 0 fully saturated rings. The molecule has 0 bridgehead atoms. The van der Waals surface area contributed by atoms with Crippen LogP contribution < -0.4 is 9.47 Å². The van der Waals surface area contributed by atoms with Gasteiger partial charge >= 0.3 is 12.1 Å². The lowest BCUT2D eigenvalue weighted by Crippen LogP contribution is -2.52. The van der Waals surface area contributed by atoms with Crippen molar-refractivity contribution in [2.75, 3.05) is 7.11 Å². The van der Waals surface area contributed by atoms with Crippen LogP contribution in [0.2, 0.25) is 0 Å². The number of allylic oxidation sites excluding steroid dienone is 1. The molecular weight excluding hydrogens is 459 g/mol. The molecule has 2 aromatic carbocycles. The first kappa shape index (κ1) is 27.5. The van der Waals surface area contributed by atoms with Crippen molar-refractivity contribution in [3.8, 4) is 17.6 Å². The van der Waals surface area contributed by atoms with Crippen molar-refractivity contribution in [3.05, 3.63) is 71.3 Å². The van der Waals surface area contributed by atoms with Crippen molar-refractivity contribution < 1.29 is 32.2 Å². The van der Waals surface area contributed by atoms with Crippen molar-refractivity contribution in [3.63, 3.8) is 0 Å². The first-order valence-corrected chi connectivity index (χ1v) is 10.7. The molecular formula is C27H28F3NO4. The standard InChI is InChI=1S/C27H28F3NO4/c1-17(2)24(32)35-26(5,6)25(3,4)34-22-13-10-19(15-23(22)33-7)20(16-31)14-18-8-11-21(12-9-18)27(28,29)30/h8-15H,1H2,2-7H3/b20-14+. The number of carbonyl (C=O) groups excluding carboxylic acids is 1. The number of rotatable bonds is 8. The summed E-state index contributed by atoms with van der Waals surface area (Å²) in [5.74, 6) is 0.139. The number of nitrogens with zero attached hydrogens (tertiary/aromatic N) is 1. The van der Waals surface area contributed by atoms with E-state index in [2.05, 4.69) is 12.6 Å². The Hall–Kier alpha value is -3.73. The van der Waals surface area contributed by atoms with E-state index in [1.165, 1.54) is 25.3 Å². The van der Waals surface area contributed by atoms with Crippen LogP contribution >= 0.6 is 0 Å². The third kappa shape index (κ3) is 6.66. The summed E-state index contributed by atoms with van der Waals surface area (Å²) < 4.78 is 55.6. The number of hydrogen-bond donors (Lipinski definition) is 0. The second kappa shape index (κ2) is 10.3. The fourth-order valence-corrected chi connectivity index (χ4v) is 2.87. The molecule has 5 nitrogen and oxygen atoms in total. The summed E-state index contributed by atoms with van der Waals surface area (Å²) in [4.78, 5) is 12.1. The summed E-state index contributed by atoms with van der Waals surface area (Å²) in [5, 5.41) is 9.65. The minimum atomic E-state index is -4.44. The lowest BCUT2D eigenvalue weighted by atomic mass is 9.88. The number of hydrogen-bond acceptors (Lipinski definition) is 5. The smallest absolute Gasteiger partial charge is 0.416 e. The van der Waals surface area contributed by atoms with Gasteiger partial charge in [0.2, 0.25) is 0 Å². The molecule has 0 saturated carbocycles. The first-order chi connectivity index (χ1) is 16.1. The molecule has 186 valence electrons. The fraction of sp³-hybridized carbons (Fsp3) is 0.333. The summed E-state index contributed by atoms with van der Waals surface area (Å²) in [7, 11) is 1.44. The summed E-state index contributed by atoms with van der Waals surface area (Å²) in [5.41, 5.74) is -1.37. The normalized spacial score (nSPS) is 12.5. The van der Waals surface area contributed by atoms with Gasteiger partial charge in [-0.05, 0) is 82.2 Å². The Bertz CT molecular complexity index is 1170. The van der Waals surface area contributed by atoms with E-state index in [4.69, 9.17) is 14.2 Å². The Kier molecular flexibility index (Phi) is 8.07. The van der Waals surface area contributed by atoms with E-state index in [-0.39, 0.29) is 11.1 Å². The molecule has 8 heteroatoms. The quantitative estimate of drug-likeness (QED) is 0.177. The van der Waals surface area contributed by atoms with Crippen LogP contribution in [-0.4, -0.2) is 24.3 Å². The van der Waals surface area contributed by atoms with Crippen LogP contribution in [0.5, 0.6) is 11.5 Å². The summed E-state index contributed by atoms with van der Waals surface area (Å²) >= 11 is 0. The van der Waals surface area contributed by atoms with Crippen LogP contribution in [0.3, 0.4) is 0 Å². The molecule has 2 rings (SSSR count). The number of ether oxygens (including phenoxy) is 3. The zero-order valence-corrected chi connectivity index (χ0v) is 20.5. The van der Waals surface area contributed by atoms with Gasteiger partial charge in [0.15, 0.2) is 11.5 Å². The van der Waals surface area contributed by atoms with Crippen molar-refractivity contribution in [1.29, 1.82) is 5.26 Å². The number of halogens is 3. The summed E-state index contributed by atoms with van der Waals surface area (Å²) in [6.07, 6.45) is -2.95. The Morgan fingerprint density at radius 3 is 2.09 bits per heavy atom. The van der Waals surface area contributed by atoms with Crippen molar-refractivity contribution in [2.45, 2.75) is 52.0 Å². The molecule has 0 amide bonds. The van der Waals surface area contributed by atoms with E-state index in [1.54, 1.807) is 52.8 Å². The average Bonchev–Trinajstić information content (AvgIpc) is 2.76. The number of nitriles is 1. The lowest BCUT2D eigenvalue weighted by molar-refractivity contribution is -0.171. The first-order valence-electron chi connectivity index (χ1n) is 10.7. The van der Waals surface area contributed by atoms with Gasteiger partial charge in [-0.2, -0.15) is 18.4 Å². The number of carbonyl (C=O) groups is 1. The van der Waals surface area contributed by atoms with E-state index in [0.717, 1.165) is 12.1 Å². The molecule has 0 saturated heterocycles. The predicted octanol–water partition coefficient (Wildman–Crippen LogP) is 6.83. The van der Waals surface area contributed by atoms with Crippen molar-refractivity contribution >= 4 is 17.6 Å². The second-order valence-corrected chi connectivity index (χ2v) is 8.95. The van der Waals surface area contributed by atoms with E-state index in [1.807, 2.05) is 0 Å². The zero-order chi connectivity index (χ0) is 26.6. The Balaban J connectivity index is 2.35. The van der Waals surface area contributed by atoms with Crippen LogP contribution in [0.25, 0.3) is 11.6 Å². The molecule has 0 heterocycles. The van der Waals surface area contributed by atoms with E-state index in [9.17, 15) is 23.2 Å². The van der Waals surface area contributed by atoms with Crippen LogP contribution in [0, 0.1) is 11.3 Å². The van der Waals surface area contributed by atoms with Gasteiger partial charge in [0, 0.05) is 5.57 Å². The minimum Gasteiger partial charge on any atom is -0.493 e. The van der Waals surface area contributed by atoms with Gasteiger partial charge in [-0.25, -0.2) is 4.79 Å². The van der Waals surface area contributed by atoms with Gasteiger partial charge in [0.1, 0.15) is 11.2 Å². The fourth-order valence-electron chi connectivity index (χ4n) is 2.87.